The van der Waals surface area contributed by atoms with Crippen LogP contribution in [0.15, 0.2) is 35.3 Å². The molecule has 0 heterocycles. The van der Waals surface area contributed by atoms with Gasteiger partial charge in [-0.2, -0.15) is 0 Å². The highest BCUT2D eigenvalue weighted by molar-refractivity contribution is 14.0. The maximum Gasteiger partial charge on any atom is 0.407 e. The SMILES string of the molecule is CCNC(=NCC(CO)c1ccccc1)NCC(NC(=O)OCC)C1CC1.I. The molecule has 1 aliphatic rings. The fourth-order valence-corrected chi connectivity index (χ4v) is 2.90. The largest absolute Gasteiger partial charge is 0.450 e. The van der Waals surface area contributed by atoms with Crippen LogP contribution in [0.2, 0.25) is 0 Å². The predicted molar refractivity (Wildman–Crippen MR) is 122 cm³/mol. The van der Waals surface area contributed by atoms with E-state index in [1.807, 2.05) is 37.3 Å². The molecule has 4 N–H and O–H groups in total. The number of alkyl carbamates (subject to hydrolysis) is 1. The van der Waals surface area contributed by atoms with Crippen LogP contribution < -0.4 is 16.0 Å². The van der Waals surface area contributed by atoms with Crippen LogP contribution in [-0.4, -0.2) is 56.0 Å². The lowest BCUT2D eigenvalue weighted by Crippen LogP contribution is -2.48. The third kappa shape index (κ3) is 8.64. The molecule has 1 aliphatic carbocycles. The van der Waals surface area contributed by atoms with Crippen molar-refractivity contribution in [2.75, 3.05) is 32.8 Å². The fourth-order valence-electron chi connectivity index (χ4n) is 2.90. The van der Waals surface area contributed by atoms with Crippen molar-refractivity contribution in [1.82, 2.24) is 16.0 Å². The number of aliphatic hydroxyl groups excluding tert-OH is 1. The van der Waals surface area contributed by atoms with Gasteiger partial charge in [-0.1, -0.05) is 30.3 Å². The Hall–Kier alpha value is -1.55. The van der Waals surface area contributed by atoms with Crippen molar-refractivity contribution < 1.29 is 14.6 Å². The summed E-state index contributed by atoms with van der Waals surface area (Å²) >= 11 is 0. The Bertz CT molecular complexity index is 596. The predicted octanol–water partition coefficient (Wildman–Crippen LogP) is 2.46. The van der Waals surface area contributed by atoms with E-state index in [0.717, 1.165) is 24.9 Å². The quantitative estimate of drug-likeness (QED) is 0.223. The van der Waals surface area contributed by atoms with E-state index in [1.54, 1.807) is 6.92 Å². The van der Waals surface area contributed by atoms with Crippen LogP contribution in [0.4, 0.5) is 4.79 Å². The molecule has 2 atom stereocenters. The minimum Gasteiger partial charge on any atom is -0.450 e. The monoisotopic (exact) mass is 504 g/mol. The molecule has 8 heteroatoms. The Morgan fingerprint density at radius 2 is 1.96 bits per heavy atom. The average Bonchev–Trinajstić information content (AvgIpc) is 3.51. The molecule has 7 nitrogen and oxygen atoms in total. The Morgan fingerprint density at radius 3 is 2.54 bits per heavy atom. The number of aliphatic hydroxyl groups is 1. The summed E-state index contributed by atoms with van der Waals surface area (Å²) in [4.78, 5) is 16.4. The highest BCUT2D eigenvalue weighted by Gasteiger charge is 2.32. The molecule has 2 unspecified atom stereocenters. The van der Waals surface area contributed by atoms with Crippen molar-refractivity contribution in [3.8, 4) is 0 Å². The molecule has 1 fully saturated rings. The number of nitrogens with one attached hydrogen (secondary N) is 3. The molecular formula is C20H33IN4O3. The number of amides is 1. The number of hydrogen-bond donors (Lipinski definition) is 4. The van der Waals surface area contributed by atoms with Gasteiger partial charge in [-0.05, 0) is 38.2 Å². The van der Waals surface area contributed by atoms with Gasteiger partial charge in [-0.3, -0.25) is 4.99 Å². The summed E-state index contributed by atoms with van der Waals surface area (Å²) in [5.74, 6) is 1.13. The van der Waals surface area contributed by atoms with Gasteiger partial charge in [0.05, 0.1) is 25.8 Å². The highest BCUT2D eigenvalue weighted by atomic mass is 127. The van der Waals surface area contributed by atoms with Crippen LogP contribution in [0.5, 0.6) is 0 Å². The molecule has 1 aromatic rings. The molecule has 2 rings (SSSR count). The first-order valence-corrected chi connectivity index (χ1v) is 9.79. The molecule has 0 bridgehead atoms. The number of hydrogen-bond acceptors (Lipinski definition) is 4. The van der Waals surface area contributed by atoms with Crippen molar-refractivity contribution in [2.45, 2.75) is 38.6 Å². The van der Waals surface area contributed by atoms with Crippen molar-refractivity contribution in [3.63, 3.8) is 0 Å². The molecule has 0 radical (unpaired) electrons. The van der Waals surface area contributed by atoms with E-state index in [2.05, 4.69) is 20.9 Å². The summed E-state index contributed by atoms with van der Waals surface area (Å²) in [6.07, 6.45) is 1.86. The molecule has 1 amide bonds. The summed E-state index contributed by atoms with van der Waals surface area (Å²) in [5.41, 5.74) is 1.07. The molecule has 28 heavy (non-hydrogen) atoms. The van der Waals surface area contributed by atoms with Crippen molar-refractivity contribution in [3.05, 3.63) is 35.9 Å². The van der Waals surface area contributed by atoms with Gasteiger partial charge in [0.15, 0.2) is 5.96 Å². The first kappa shape index (κ1) is 24.5. The molecule has 1 aromatic carbocycles. The summed E-state index contributed by atoms with van der Waals surface area (Å²) in [7, 11) is 0. The van der Waals surface area contributed by atoms with Crippen LogP contribution in [0.3, 0.4) is 0 Å². The number of carbonyl (C=O) groups excluding carboxylic acids is 1. The van der Waals surface area contributed by atoms with E-state index < -0.39 is 0 Å². The number of nitrogens with zero attached hydrogens (tertiary/aromatic N) is 1. The second-order valence-corrected chi connectivity index (χ2v) is 6.70. The van der Waals surface area contributed by atoms with Crippen molar-refractivity contribution >= 4 is 36.0 Å². The number of guanidine groups is 1. The van der Waals surface area contributed by atoms with E-state index in [-0.39, 0.29) is 48.6 Å². The number of carbonyl (C=O) groups is 1. The van der Waals surface area contributed by atoms with Crippen LogP contribution >= 0.6 is 24.0 Å². The number of ether oxygens (including phenoxy) is 1. The smallest absolute Gasteiger partial charge is 0.407 e. The Kier molecular flexibility index (Phi) is 11.9. The van der Waals surface area contributed by atoms with Crippen LogP contribution in [0, 0.1) is 5.92 Å². The van der Waals surface area contributed by atoms with Crippen LogP contribution in [0.1, 0.15) is 38.2 Å². The van der Waals surface area contributed by atoms with Gasteiger partial charge in [0.1, 0.15) is 0 Å². The van der Waals surface area contributed by atoms with E-state index in [4.69, 9.17) is 4.74 Å². The van der Waals surface area contributed by atoms with Gasteiger partial charge >= 0.3 is 6.09 Å². The molecular weight excluding hydrogens is 471 g/mol. The lowest BCUT2D eigenvalue weighted by atomic mass is 10.0. The molecule has 158 valence electrons. The van der Waals surface area contributed by atoms with Gasteiger partial charge in [-0.25, -0.2) is 4.79 Å². The van der Waals surface area contributed by atoms with Gasteiger partial charge < -0.3 is 25.8 Å². The Labute approximate surface area is 184 Å². The summed E-state index contributed by atoms with van der Waals surface area (Å²) < 4.78 is 5.00. The molecule has 0 aromatic heterocycles. The summed E-state index contributed by atoms with van der Waals surface area (Å²) in [6, 6.07) is 9.92. The third-order valence-corrected chi connectivity index (χ3v) is 4.56. The van der Waals surface area contributed by atoms with Crippen molar-refractivity contribution in [1.29, 1.82) is 0 Å². The lowest BCUT2D eigenvalue weighted by Gasteiger charge is -2.21. The van der Waals surface area contributed by atoms with Crippen molar-refractivity contribution in [2.24, 2.45) is 10.9 Å². The number of aliphatic imine (C=N–C) groups is 1. The van der Waals surface area contributed by atoms with Crippen LogP contribution in [0.25, 0.3) is 0 Å². The maximum absolute atomic E-state index is 11.7. The Morgan fingerprint density at radius 1 is 1.25 bits per heavy atom. The van der Waals surface area contributed by atoms with E-state index in [0.29, 0.717) is 31.6 Å². The fraction of sp³-hybridized carbons (Fsp3) is 0.600. The first-order valence-electron chi connectivity index (χ1n) is 9.79. The first-order chi connectivity index (χ1) is 13.2. The van der Waals surface area contributed by atoms with Gasteiger partial charge in [0.25, 0.3) is 0 Å². The van der Waals surface area contributed by atoms with Gasteiger partial charge in [0.2, 0.25) is 0 Å². The normalized spacial score (nSPS) is 15.8. The van der Waals surface area contributed by atoms with E-state index >= 15 is 0 Å². The minimum absolute atomic E-state index is 0. The standard InChI is InChI=1S/C20H32N4O3.HI/c1-3-21-19(22-12-17(14-25)15-8-6-5-7-9-15)23-13-18(16-10-11-16)24-20(26)27-4-2;/h5-9,16-18,25H,3-4,10-14H2,1-2H3,(H,24,26)(H2,21,22,23);1H. The Balaban J connectivity index is 0.00000392. The zero-order chi connectivity index (χ0) is 19.5. The summed E-state index contributed by atoms with van der Waals surface area (Å²) in [6.45, 7) is 6.02. The third-order valence-electron chi connectivity index (χ3n) is 4.56. The van der Waals surface area contributed by atoms with E-state index in [9.17, 15) is 9.90 Å². The maximum atomic E-state index is 11.7. The van der Waals surface area contributed by atoms with E-state index in [1.165, 1.54) is 0 Å². The minimum atomic E-state index is -0.373. The topological polar surface area (TPSA) is 95.0 Å². The molecule has 0 aliphatic heterocycles. The molecule has 0 saturated heterocycles. The highest BCUT2D eigenvalue weighted by Crippen LogP contribution is 2.32. The number of rotatable bonds is 10. The van der Waals surface area contributed by atoms with Gasteiger partial charge in [-0.15, -0.1) is 24.0 Å². The number of halogens is 1. The second kappa shape index (κ2) is 13.6. The number of benzene rings is 1. The van der Waals surface area contributed by atoms with Gasteiger partial charge in [0, 0.05) is 19.0 Å². The molecule has 1 saturated carbocycles. The summed E-state index contributed by atoms with van der Waals surface area (Å²) in [5, 5.41) is 19.2. The lowest BCUT2D eigenvalue weighted by molar-refractivity contribution is 0.146. The van der Waals surface area contributed by atoms with Crippen LogP contribution in [-0.2, 0) is 4.74 Å². The molecule has 0 spiro atoms. The second-order valence-electron chi connectivity index (χ2n) is 6.70. The zero-order valence-corrected chi connectivity index (χ0v) is 19.0. The zero-order valence-electron chi connectivity index (χ0n) is 16.7. The average molecular weight is 504 g/mol.